The van der Waals surface area contributed by atoms with E-state index in [0.717, 1.165) is 0 Å². The number of amides is 1. The van der Waals surface area contributed by atoms with Crippen LogP contribution in [0.4, 0.5) is 4.39 Å². The zero-order chi connectivity index (χ0) is 7.56. The average Bonchev–Trinajstić information content (AvgIpc) is 2.13. The minimum Gasteiger partial charge on any atom is -0.369 e. The standard InChI is InChI=1S/C6H11FN2O/c7-5-1-2-9(3-5)4-6(8)10/h5H,1-4H2,(H2,8,10). The summed E-state index contributed by atoms with van der Waals surface area (Å²) in [5.74, 6) is -0.380. The number of nitrogens with two attached hydrogens (primary N) is 1. The summed E-state index contributed by atoms with van der Waals surface area (Å²) in [7, 11) is 0. The van der Waals surface area contributed by atoms with E-state index in [0.29, 0.717) is 19.5 Å². The van der Waals surface area contributed by atoms with Crippen LogP contribution in [0.5, 0.6) is 0 Å². The fraction of sp³-hybridized carbons (Fsp3) is 0.833. The third kappa shape index (κ3) is 1.95. The van der Waals surface area contributed by atoms with Gasteiger partial charge in [-0.15, -0.1) is 0 Å². The van der Waals surface area contributed by atoms with E-state index in [1.165, 1.54) is 0 Å². The second-order valence-electron chi connectivity index (χ2n) is 2.59. The molecule has 10 heavy (non-hydrogen) atoms. The molecule has 0 aromatic rings. The lowest BCUT2D eigenvalue weighted by Crippen LogP contribution is -2.32. The molecular formula is C6H11FN2O. The molecule has 1 rings (SSSR count). The molecule has 0 aliphatic carbocycles. The summed E-state index contributed by atoms with van der Waals surface area (Å²) in [6.07, 6.45) is -0.229. The van der Waals surface area contributed by atoms with E-state index >= 15 is 0 Å². The molecule has 0 bridgehead atoms. The van der Waals surface area contributed by atoms with Gasteiger partial charge in [0.15, 0.2) is 0 Å². The predicted molar refractivity (Wildman–Crippen MR) is 35.1 cm³/mol. The Bertz CT molecular complexity index is 140. The van der Waals surface area contributed by atoms with E-state index in [2.05, 4.69) is 0 Å². The van der Waals surface area contributed by atoms with E-state index in [1.54, 1.807) is 4.90 Å². The van der Waals surface area contributed by atoms with E-state index in [9.17, 15) is 9.18 Å². The van der Waals surface area contributed by atoms with Crippen LogP contribution >= 0.6 is 0 Å². The Morgan fingerprint density at radius 3 is 2.90 bits per heavy atom. The molecule has 0 saturated carbocycles. The molecule has 1 atom stereocenters. The molecule has 2 N–H and O–H groups in total. The monoisotopic (exact) mass is 146 g/mol. The minimum atomic E-state index is -0.764. The number of primary amides is 1. The Kier molecular flexibility index (Phi) is 2.21. The number of carbonyl (C=O) groups is 1. The smallest absolute Gasteiger partial charge is 0.231 e. The van der Waals surface area contributed by atoms with Gasteiger partial charge in [0, 0.05) is 13.1 Å². The highest BCUT2D eigenvalue weighted by atomic mass is 19.1. The van der Waals surface area contributed by atoms with Crippen molar-refractivity contribution in [2.75, 3.05) is 19.6 Å². The summed E-state index contributed by atoms with van der Waals surface area (Å²) in [6.45, 7) is 1.22. The molecule has 1 aliphatic rings. The first kappa shape index (κ1) is 7.47. The molecule has 1 fully saturated rings. The van der Waals surface area contributed by atoms with Gasteiger partial charge >= 0.3 is 0 Å². The molecule has 1 amide bonds. The molecule has 0 aromatic carbocycles. The van der Waals surface area contributed by atoms with Gasteiger partial charge in [0.05, 0.1) is 6.54 Å². The van der Waals surface area contributed by atoms with Gasteiger partial charge in [0.2, 0.25) is 5.91 Å². The quantitative estimate of drug-likeness (QED) is 0.571. The fourth-order valence-corrected chi connectivity index (χ4v) is 1.15. The molecule has 0 radical (unpaired) electrons. The third-order valence-corrected chi connectivity index (χ3v) is 1.59. The first-order chi connectivity index (χ1) is 4.68. The molecule has 1 aliphatic heterocycles. The summed E-state index contributed by atoms with van der Waals surface area (Å²) >= 11 is 0. The van der Waals surface area contributed by atoms with Crippen LogP contribution in [0.15, 0.2) is 0 Å². The van der Waals surface area contributed by atoms with Crippen molar-refractivity contribution < 1.29 is 9.18 Å². The summed E-state index contributed by atoms with van der Waals surface area (Å²) in [5, 5.41) is 0. The van der Waals surface area contributed by atoms with Crippen LogP contribution < -0.4 is 5.73 Å². The van der Waals surface area contributed by atoms with Crippen molar-refractivity contribution in [3.05, 3.63) is 0 Å². The molecule has 0 aromatic heterocycles. The van der Waals surface area contributed by atoms with Gasteiger partial charge in [-0.05, 0) is 6.42 Å². The zero-order valence-electron chi connectivity index (χ0n) is 5.72. The normalized spacial score (nSPS) is 27.1. The van der Waals surface area contributed by atoms with E-state index < -0.39 is 6.17 Å². The molecule has 1 heterocycles. The van der Waals surface area contributed by atoms with E-state index in [4.69, 9.17) is 5.73 Å². The van der Waals surface area contributed by atoms with Crippen molar-refractivity contribution in [2.45, 2.75) is 12.6 Å². The van der Waals surface area contributed by atoms with E-state index in [-0.39, 0.29) is 12.5 Å². The summed E-state index contributed by atoms with van der Waals surface area (Å²) in [4.78, 5) is 12.0. The third-order valence-electron chi connectivity index (χ3n) is 1.59. The van der Waals surface area contributed by atoms with Crippen molar-refractivity contribution in [1.82, 2.24) is 4.90 Å². The van der Waals surface area contributed by atoms with Gasteiger partial charge in [-0.3, -0.25) is 9.69 Å². The Morgan fingerprint density at radius 1 is 1.80 bits per heavy atom. The van der Waals surface area contributed by atoms with Crippen LogP contribution in [0.25, 0.3) is 0 Å². The van der Waals surface area contributed by atoms with Gasteiger partial charge in [-0.2, -0.15) is 0 Å². The SMILES string of the molecule is NC(=O)CN1CCC(F)C1. The van der Waals surface area contributed by atoms with Gasteiger partial charge in [-0.1, -0.05) is 0 Å². The van der Waals surface area contributed by atoms with Crippen molar-refractivity contribution in [3.63, 3.8) is 0 Å². The summed E-state index contributed by atoms with van der Waals surface area (Å²) in [5.41, 5.74) is 4.91. The van der Waals surface area contributed by atoms with Crippen molar-refractivity contribution >= 4 is 5.91 Å². The maximum atomic E-state index is 12.4. The zero-order valence-corrected chi connectivity index (χ0v) is 5.72. The number of likely N-dealkylation sites (tertiary alicyclic amines) is 1. The van der Waals surface area contributed by atoms with Gasteiger partial charge in [0.1, 0.15) is 6.17 Å². The molecule has 3 nitrogen and oxygen atoms in total. The number of carbonyl (C=O) groups excluding carboxylic acids is 1. The second kappa shape index (κ2) is 2.96. The highest BCUT2D eigenvalue weighted by molar-refractivity contribution is 5.75. The Morgan fingerprint density at radius 2 is 2.50 bits per heavy atom. The van der Waals surface area contributed by atoms with Crippen LogP contribution in [-0.2, 0) is 4.79 Å². The summed E-state index contributed by atoms with van der Waals surface area (Å²) < 4.78 is 12.4. The van der Waals surface area contributed by atoms with Crippen molar-refractivity contribution in [2.24, 2.45) is 5.73 Å². The van der Waals surface area contributed by atoms with Crippen molar-refractivity contribution in [1.29, 1.82) is 0 Å². The number of hydrogen-bond donors (Lipinski definition) is 1. The molecule has 0 spiro atoms. The topological polar surface area (TPSA) is 46.3 Å². The van der Waals surface area contributed by atoms with Crippen LogP contribution in [0, 0.1) is 0 Å². The van der Waals surface area contributed by atoms with Crippen LogP contribution in [0.3, 0.4) is 0 Å². The second-order valence-corrected chi connectivity index (χ2v) is 2.59. The Hall–Kier alpha value is -0.640. The first-order valence-corrected chi connectivity index (χ1v) is 3.33. The lowest BCUT2D eigenvalue weighted by atomic mass is 10.3. The molecule has 58 valence electrons. The predicted octanol–water partition coefficient (Wildman–Crippen LogP) is -0.484. The highest BCUT2D eigenvalue weighted by Crippen LogP contribution is 2.10. The molecular weight excluding hydrogens is 135 g/mol. The number of rotatable bonds is 2. The van der Waals surface area contributed by atoms with Gasteiger partial charge < -0.3 is 5.73 Å². The van der Waals surface area contributed by atoms with Gasteiger partial charge in [0.25, 0.3) is 0 Å². The van der Waals surface area contributed by atoms with Crippen LogP contribution in [0.2, 0.25) is 0 Å². The number of nitrogens with zero attached hydrogens (tertiary/aromatic N) is 1. The van der Waals surface area contributed by atoms with Crippen molar-refractivity contribution in [3.8, 4) is 0 Å². The fourth-order valence-electron chi connectivity index (χ4n) is 1.15. The maximum absolute atomic E-state index is 12.4. The molecule has 1 unspecified atom stereocenters. The maximum Gasteiger partial charge on any atom is 0.231 e. The largest absolute Gasteiger partial charge is 0.369 e. The number of hydrogen-bond acceptors (Lipinski definition) is 2. The molecule has 1 saturated heterocycles. The van der Waals surface area contributed by atoms with Crippen LogP contribution in [0.1, 0.15) is 6.42 Å². The van der Waals surface area contributed by atoms with Gasteiger partial charge in [-0.25, -0.2) is 4.39 Å². The van der Waals surface area contributed by atoms with E-state index in [1.807, 2.05) is 0 Å². The lowest BCUT2D eigenvalue weighted by molar-refractivity contribution is -0.118. The summed E-state index contributed by atoms with van der Waals surface area (Å²) in [6, 6.07) is 0. The Labute approximate surface area is 59.0 Å². The molecule has 4 heteroatoms. The number of halogens is 1. The first-order valence-electron chi connectivity index (χ1n) is 3.33. The number of alkyl halides is 1. The average molecular weight is 146 g/mol. The van der Waals surface area contributed by atoms with Crippen LogP contribution in [-0.4, -0.2) is 36.6 Å². The minimum absolute atomic E-state index is 0.195. The Balaban J connectivity index is 2.24. The lowest BCUT2D eigenvalue weighted by Gasteiger charge is -2.10. The highest BCUT2D eigenvalue weighted by Gasteiger charge is 2.22.